The molecule has 0 aromatic heterocycles. The molecule has 1 heterocycles. The van der Waals surface area contributed by atoms with Crippen LogP contribution < -0.4 is 5.32 Å². The fourth-order valence-corrected chi connectivity index (χ4v) is 2.62. The van der Waals surface area contributed by atoms with Crippen LogP contribution in [0.25, 0.3) is 0 Å². The summed E-state index contributed by atoms with van der Waals surface area (Å²) in [5, 5.41) is 3.47. The van der Waals surface area contributed by atoms with E-state index in [1.54, 1.807) is 6.07 Å². The summed E-state index contributed by atoms with van der Waals surface area (Å²) in [6, 6.07) is 8.41. The summed E-state index contributed by atoms with van der Waals surface area (Å²) in [6.07, 6.45) is 3.95. The van der Waals surface area contributed by atoms with Crippen LogP contribution in [0.1, 0.15) is 24.8 Å². The van der Waals surface area contributed by atoms with Crippen molar-refractivity contribution in [3.8, 4) is 0 Å². The number of hydrogen-bond acceptors (Lipinski definition) is 2. The minimum atomic E-state index is -0.1000. The van der Waals surface area contributed by atoms with E-state index in [1.165, 1.54) is 31.9 Å². The van der Waals surface area contributed by atoms with E-state index in [-0.39, 0.29) is 5.82 Å². The highest BCUT2D eigenvalue weighted by Crippen LogP contribution is 2.29. The van der Waals surface area contributed by atoms with Crippen molar-refractivity contribution in [2.24, 2.45) is 0 Å². The van der Waals surface area contributed by atoms with Gasteiger partial charge in [-0.15, -0.1) is 0 Å². The first-order valence-corrected chi connectivity index (χ1v) is 6.54. The molecule has 1 aliphatic carbocycles. The van der Waals surface area contributed by atoms with Gasteiger partial charge in [0.2, 0.25) is 0 Å². The van der Waals surface area contributed by atoms with Crippen molar-refractivity contribution in [2.45, 2.75) is 37.9 Å². The second-order valence-electron chi connectivity index (χ2n) is 5.18. The zero-order chi connectivity index (χ0) is 11.7. The predicted molar refractivity (Wildman–Crippen MR) is 66.2 cm³/mol. The van der Waals surface area contributed by atoms with Gasteiger partial charge in [-0.25, -0.2) is 4.39 Å². The molecule has 1 aromatic carbocycles. The number of nitrogens with zero attached hydrogens (tertiary/aromatic N) is 1. The van der Waals surface area contributed by atoms with E-state index in [2.05, 4.69) is 10.2 Å². The molecule has 1 aromatic rings. The Bertz CT molecular complexity index is 390. The number of benzene rings is 1. The van der Waals surface area contributed by atoms with Crippen LogP contribution in [0.2, 0.25) is 0 Å². The molecule has 0 spiro atoms. The summed E-state index contributed by atoms with van der Waals surface area (Å²) in [5.74, 6) is -0.1000. The smallest absolute Gasteiger partial charge is 0.127 e. The second-order valence-corrected chi connectivity index (χ2v) is 5.18. The van der Waals surface area contributed by atoms with Crippen LogP contribution in [0.3, 0.4) is 0 Å². The van der Waals surface area contributed by atoms with Gasteiger partial charge in [-0.2, -0.15) is 0 Å². The third-order valence-corrected chi connectivity index (χ3v) is 3.82. The molecule has 3 rings (SSSR count). The van der Waals surface area contributed by atoms with Crippen LogP contribution in [0, 0.1) is 5.82 Å². The van der Waals surface area contributed by atoms with Gasteiger partial charge in [0.1, 0.15) is 5.82 Å². The molecular formula is C14H19FN2. The molecule has 1 atom stereocenters. The highest BCUT2D eigenvalue weighted by atomic mass is 19.1. The van der Waals surface area contributed by atoms with Gasteiger partial charge in [-0.1, -0.05) is 18.2 Å². The predicted octanol–water partition coefficient (Wildman–Crippen LogP) is 2.15. The van der Waals surface area contributed by atoms with Crippen molar-refractivity contribution in [1.82, 2.24) is 10.2 Å². The van der Waals surface area contributed by atoms with Crippen molar-refractivity contribution in [1.29, 1.82) is 0 Å². The van der Waals surface area contributed by atoms with E-state index in [9.17, 15) is 4.39 Å². The number of nitrogens with one attached hydrogen (secondary N) is 1. The molecule has 17 heavy (non-hydrogen) atoms. The monoisotopic (exact) mass is 234 g/mol. The van der Waals surface area contributed by atoms with Gasteiger partial charge in [0.15, 0.2) is 0 Å². The third-order valence-electron chi connectivity index (χ3n) is 3.82. The lowest BCUT2D eigenvalue weighted by molar-refractivity contribution is 0.317. The first-order chi connectivity index (χ1) is 8.33. The summed E-state index contributed by atoms with van der Waals surface area (Å²) in [6.45, 7) is 2.99. The Morgan fingerprint density at radius 2 is 2.06 bits per heavy atom. The molecule has 1 saturated carbocycles. The Balaban J connectivity index is 1.50. The summed E-state index contributed by atoms with van der Waals surface area (Å²) >= 11 is 0. The van der Waals surface area contributed by atoms with Gasteiger partial charge >= 0.3 is 0 Å². The van der Waals surface area contributed by atoms with Crippen molar-refractivity contribution >= 4 is 0 Å². The number of likely N-dealkylation sites (tertiary alicyclic amines) is 1. The number of hydrogen-bond donors (Lipinski definition) is 1. The SMILES string of the molecule is Fc1ccccc1CNC1CCN(C2CC2)C1. The molecule has 0 bridgehead atoms. The zero-order valence-electron chi connectivity index (χ0n) is 10.0. The molecule has 2 aliphatic rings. The maximum atomic E-state index is 13.4. The molecule has 3 heteroatoms. The number of rotatable bonds is 4. The fraction of sp³-hybridized carbons (Fsp3) is 0.571. The average molecular weight is 234 g/mol. The van der Waals surface area contributed by atoms with E-state index < -0.39 is 0 Å². The summed E-state index contributed by atoms with van der Waals surface area (Å²) < 4.78 is 13.4. The van der Waals surface area contributed by atoms with Crippen LogP contribution in [0.15, 0.2) is 24.3 Å². The van der Waals surface area contributed by atoms with Gasteiger partial charge in [0, 0.05) is 37.3 Å². The van der Waals surface area contributed by atoms with E-state index >= 15 is 0 Å². The maximum absolute atomic E-state index is 13.4. The Labute approximate surface area is 102 Å². The Morgan fingerprint density at radius 1 is 1.24 bits per heavy atom. The highest BCUT2D eigenvalue weighted by molar-refractivity contribution is 5.17. The van der Waals surface area contributed by atoms with Crippen LogP contribution in [0.5, 0.6) is 0 Å². The average Bonchev–Trinajstić information content (AvgIpc) is 3.08. The molecular weight excluding hydrogens is 215 g/mol. The fourth-order valence-electron chi connectivity index (χ4n) is 2.62. The molecule has 1 saturated heterocycles. The minimum Gasteiger partial charge on any atom is -0.308 e. The first-order valence-electron chi connectivity index (χ1n) is 6.54. The van der Waals surface area contributed by atoms with Crippen LogP contribution in [0.4, 0.5) is 4.39 Å². The zero-order valence-corrected chi connectivity index (χ0v) is 10.0. The number of halogens is 1. The van der Waals surface area contributed by atoms with Crippen molar-refractivity contribution < 1.29 is 4.39 Å². The van der Waals surface area contributed by atoms with Gasteiger partial charge in [-0.3, -0.25) is 4.90 Å². The van der Waals surface area contributed by atoms with Crippen molar-refractivity contribution in [3.63, 3.8) is 0 Å². The van der Waals surface area contributed by atoms with Gasteiger partial charge in [0.25, 0.3) is 0 Å². The quantitative estimate of drug-likeness (QED) is 0.858. The molecule has 2 fully saturated rings. The van der Waals surface area contributed by atoms with Crippen LogP contribution >= 0.6 is 0 Å². The lowest BCUT2D eigenvalue weighted by Gasteiger charge is -2.15. The standard InChI is InChI=1S/C14H19FN2/c15-14-4-2-1-3-11(14)9-16-12-7-8-17(10-12)13-5-6-13/h1-4,12-13,16H,5-10H2. The summed E-state index contributed by atoms with van der Waals surface area (Å²) in [5.41, 5.74) is 0.775. The summed E-state index contributed by atoms with van der Waals surface area (Å²) in [7, 11) is 0. The van der Waals surface area contributed by atoms with Crippen LogP contribution in [-0.2, 0) is 6.54 Å². The van der Waals surface area contributed by atoms with Gasteiger partial charge < -0.3 is 5.32 Å². The lowest BCUT2D eigenvalue weighted by Crippen LogP contribution is -2.33. The molecule has 1 unspecified atom stereocenters. The minimum absolute atomic E-state index is 0.1000. The largest absolute Gasteiger partial charge is 0.308 e. The molecule has 1 N–H and O–H groups in total. The Morgan fingerprint density at radius 3 is 2.82 bits per heavy atom. The van der Waals surface area contributed by atoms with E-state index in [1.807, 2.05) is 12.1 Å². The van der Waals surface area contributed by atoms with Gasteiger partial charge in [-0.05, 0) is 25.3 Å². The van der Waals surface area contributed by atoms with Crippen molar-refractivity contribution in [3.05, 3.63) is 35.6 Å². The molecule has 0 radical (unpaired) electrons. The molecule has 92 valence electrons. The normalized spacial score (nSPS) is 25.4. The van der Waals surface area contributed by atoms with E-state index in [0.29, 0.717) is 12.6 Å². The third kappa shape index (κ3) is 2.67. The van der Waals surface area contributed by atoms with Gasteiger partial charge in [0.05, 0.1) is 0 Å². The topological polar surface area (TPSA) is 15.3 Å². The Kier molecular flexibility index (Phi) is 3.12. The Hall–Kier alpha value is -0.930. The highest BCUT2D eigenvalue weighted by Gasteiger charge is 2.34. The molecule has 2 nitrogen and oxygen atoms in total. The first kappa shape index (κ1) is 11.2. The van der Waals surface area contributed by atoms with E-state index in [4.69, 9.17) is 0 Å². The lowest BCUT2D eigenvalue weighted by atomic mass is 10.2. The van der Waals surface area contributed by atoms with Crippen LogP contribution in [-0.4, -0.2) is 30.1 Å². The summed E-state index contributed by atoms with van der Waals surface area (Å²) in [4.78, 5) is 2.57. The second kappa shape index (κ2) is 4.75. The maximum Gasteiger partial charge on any atom is 0.127 e. The molecule has 1 aliphatic heterocycles. The van der Waals surface area contributed by atoms with Crippen molar-refractivity contribution in [2.75, 3.05) is 13.1 Å². The molecule has 0 amide bonds. The van der Waals surface area contributed by atoms with E-state index in [0.717, 1.165) is 18.2 Å².